The van der Waals surface area contributed by atoms with Crippen LogP contribution in [0.3, 0.4) is 0 Å². The highest BCUT2D eigenvalue weighted by Gasteiger charge is 2.27. The molecule has 0 saturated carbocycles. The molecule has 0 saturated heterocycles. The van der Waals surface area contributed by atoms with E-state index in [-0.39, 0.29) is 24.1 Å². The van der Waals surface area contributed by atoms with Crippen molar-refractivity contribution >= 4 is 28.4 Å². The number of hydrogen-bond donors (Lipinski definition) is 0. The zero-order valence-corrected chi connectivity index (χ0v) is 19.3. The Morgan fingerprint density at radius 3 is 2.53 bits per heavy atom. The number of nitrogens with zero attached hydrogens (tertiary/aromatic N) is 3. The number of benzene rings is 2. The highest BCUT2D eigenvalue weighted by Crippen LogP contribution is 2.24. The number of likely N-dealkylation sites (N-methyl/N-ethyl adjacent to an activating group) is 1. The van der Waals surface area contributed by atoms with E-state index in [0.717, 1.165) is 0 Å². The molecule has 7 nitrogen and oxygen atoms in total. The third kappa shape index (κ3) is 5.29. The predicted molar refractivity (Wildman–Crippen MR) is 125 cm³/mol. The van der Waals surface area contributed by atoms with E-state index < -0.39 is 0 Å². The average molecular weight is 458 g/mol. The summed E-state index contributed by atoms with van der Waals surface area (Å²) in [6.45, 7) is 4.93. The Hall–Kier alpha value is -2.90. The molecule has 1 heterocycles. The van der Waals surface area contributed by atoms with E-state index in [1.54, 1.807) is 46.9 Å². The molecule has 8 heteroatoms. The summed E-state index contributed by atoms with van der Waals surface area (Å²) in [5.41, 5.74) is 0.475. The molecule has 0 spiro atoms. The molecule has 0 aliphatic carbocycles. The topological polar surface area (TPSA) is 73.7 Å². The molecular weight excluding hydrogens is 430 g/mol. The van der Waals surface area contributed by atoms with E-state index in [9.17, 15) is 9.59 Å². The second kappa shape index (κ2) is 11.1. The van der Waals surface area contributed by atoms with Gasteiger partial charge in [0.2, 0.25) is 0 Å². The Balaban J connectivity index is 1.94. The summed E-state index contributed by atoms with van der Waals surface area (Å²) in [6, 6.07) is 13.7. The molecule has 32 heavy (non-hydrogen) atoms. The quantitative estimate of drug-likeness (QED) is 0.458. The number of fused-ring (bicyclic) bond motifs is 1. The molecule has 0 aliphatic rings. The van der Waals surface area contributed by atoms with Crippen LogP contribution in [0.1, 0.15) is 32.1 Å². The van der Waals surface area contributed by atoms with E-state index in [0.29, 0.717) is 53.6 Å². The van der Waals surface area contributed by atoms with Crippen molar-refractivity contribution in [3.8, 4) is 5.75 Å². The summed E-state index contributed by atoms with van der Waals surface area (Å²) < 4.78 is 12.5. The lowest BCUT2D eigenvalue weighted by molar-refractivity contribution is -0.136. The monoisotopic (exact) mass is 457 g/mol. The normalized spacial score (nSPS) is 12.0. The van der Waals surface area contributed by atoms with Crippen LogP contribution in [0.15, 0.2) is 53.3 Å². The van der Waals surface area contributed by atoms with Crippen LogP contribution in [-0.2, 0) is 16.1 Å². The Labute approximate surface area is 192 Å². The molecule has 2 aromatic carbocycles. The molecule has 1 aromatic heterocycles. The van der Waals surface area contributed by atoms with Crippen LogP contribution in [0, 0.1) is 0 Å². The minimum absolute atomic E-state index is 0.123. The Morgan fingerprint density at radius 2 is 1.88 bits per heavy atom. The van der Waals surface area contributed by atoms with Crippen molar-refractivity contribution in [2.75, 3.05) is 26.9 Å². The van der Waals surface area contributed by atoms with Crippen molar-refractivity contribution in [3.63, 3.8) is 0 Å². The lowest BCUT2D eigenvalue weighted by Crippen LogP contribution is -2.41. The summed E-state index contributed by atoms with van der Waals surface area (Å²) in [5, 5.41) is 1.14. The number of carbonyl (C=O) groups excluding carboxylic acids is 1. The van der Waals surface area contributed by atoms with Gasteiger partial charge in [0.1, 0.15) is 11.6 Å². The molecule has 170 valence electrons. The van der Waals surface area contributed by atoms with Gasteiger partial charge in [-0.05, 0) is 49.7 Å². The number of methoxy groups -OCH3 is 1. The predicted octanol–water partition coefficient (Wildman–Crippen LogP) is 4.07. The fraction of sp³-hybridized carbons (Fsp3) is 0.375. The zero-order valence-electron chi connectivity index (χ0n) is 18.6. The second-order valence-corrected chi connectivity index (χ2v) is 7.72. The first-order chi connectivity index (χ1) is 15.5. The number of halogens is 1. The van der Waals surface area contributed by atoms with Crippen LogP contribution in [0.5, 0.6) is 5.75 Å². The van der Waals surface area contributed by atoms with Crippen LogP contribution in [0.4, 0.5) is 0 Å². The lowest BCUT2D eigenvalue weighted by atomic mass is 10.1. The van der Waals surface area contributed by atoms with E-state index >= 15 is 0 Å². The largest absolute Gasteiger partial charge is 0.484 e. The Morgan fingerprint density at radius 1 is 1.16 bits per heavy atom. The van der Waals surface area contributed by atoms with Gasteiger partial charge in [0, 0.05) is 18.7 Å². The summed E-state index contributed by atoms with van der Waals surface area (Å²) in [6.07, 6.45) is 0.596. The molecule has 0 N–H and O–H groups in total. The van der Waals surface area contributed by atoms with E-state index in [1.807, 2.05) is 32.0 Å². The summed E-state index contributed by atoms with van der Waals surface area (Å²) in [4.78, 5) is 32.8. The summed E-state index contributed by atoms with van der Waals surface area (Å²) in [5.74, 6) is 0.928. The van der Waals surface area contributed by atoms with E-state index in [1.165, 1.54) is 0 Å². The minimum Gasteiger partial charge on any atom is -0.484 e. The first-order valence-corrected chi connectivity index (χ1v) is 11.0. The molecule has 0 bridgehead atoms. The number of ether oxygens (including phenoxy) is 2. The van der Waals surface area contributed by atoms with Gasteiger partial charge in [-0.25, -0.2) is 4.98 Å². The van der Waals surface area contributed by atoms with Gasteiger partial charge >= 0.3 is 0 Å². The van der Waals surface area contributed by atoms with Gasteiger partial charge in [0.15, 0.2) is 6.61 Å². The molecule has 3 aromatic rings. The van der Waals surface area contributed by atoms with Crippen molar-refractivity contribution in [3.05, 3.63) is 69.7 Å². The summed E-state index contributed by atoms with van der Waals surface area (Å²) in [7, 11) is 1.59. The van der Waals surface area contributed by atoms with Crippen molar-refractivity contribution in [1.82, 2.24) is 14.5 Å². The van der Waals surface area contributed by atoms with E-state index in [4.69, 9.17) is 26.1 Å². The van der Waals surface area contributed by atoms with Gasteiger partial charge < -0.3 is 14.4 Å². The number of hydrogen-bond acceptors (Lipinski definition) is 5. The maximum atomic E-state index is 13.2. The average Bonchev–Trinajstić information content (AvgIpc) is 2.81. The third-order valence-electron chi connectivity index (χ3n) is 5.31. The third-order valence-corrected chi connectivity index (χ3v) is 5.56. The number of aromatic nitrogens is 2. The number of carbonyl (C=O) groups is 1. The van der Waals surface area contributed by atoms with Crippen molar-refractivity contribution in [1.29, 1.82) is 0 Å². The zero-order chi connectivity index (χ0) is 23.1. The molecule has 3 rings (SSSR count). The van der Waals surface area contributed by atoms with Gasteiger partial charge in [-0.3, -0.25) is 14.2 Å². The standard InChI is InChI=1S/C24H28ClN3O4/c1-4-21(27(5-2)22(29)16-32-18-12-10-17(25)11-13-18)23-26-20-9-7-6-8-19(20)24(30)28(23)14-15-31-3/h6-13,21H,4-5,14-16H2,1-3H3. The van der Waals surface area contributed by atoms with Crippen LogP contribution in [0.25, 0.3) is 10.9 Å². The minimum atomic E-state index is -0.379. The van der Waals surface area contributed by atoms with Crippen molar-refractivity contribution in [2.24, 2.45) is 0 Å². The smallest absolute Gasteiger partial charge is 0.261 e. The number of rotatable bonds is 10. The van der Waals surface area contributed by atoms with Crippen LogP contribution in [-0.4, -0.2) is 47.2 Å². The highest BCUT2D eigenvalue weighted by molar-refractivity contribution is 6.30. The van der Waals surface area contributed by atoms with Gasteiger partial charge in [0.25, 0.3) is 11.5 Å². The van der Waals surface area contributed by atoms with Crippen LogP contribution < -0.4 is 10.3 Å². The van der Waals surface area contributed by atoms with E-state index in [2.05, 4.69) is 0 Å². The molecule has 1 amide bonds. The number of amides is 1. The molecular formula is C24H28ClN3O4. The maximum absolute atomic E-state index is 13.2. The molecule has 1 atom stereocenters. The molecule has 1 unspecified atom stereocenters. The SMILES string of the molecule is CCC(c1nc2ccccc2c(=O)n1CCOC)N(CC)C(=O)COc1ccc(Cl)cc1. The molecule has 0 radical (unpaired) electrons. The fourth-order valence-corrected chi connectivity index (χ4v) is 3.84. The van der Waals surface area contributed by atoms with Gasteiger partial charge in [-0.2, -0.15) is 0 Å². The molecule has 0 aliphatic heterocycles. The number of para-hydroxylation sites is 1. The Kier molecular flexibility index (Phi) is 8.25. The van der Waals surface area contributed by atoms with Gasteiger partial charge in [-0.15, -0.1) is 0 Å². The van der Waals surface area contributed by atoms with Crippen molar-refractivity contribution in [2.45, 2.75) is 32.9 Å². The molecule has 0 fully saturated rings. The van der Waals surface area contributed by atoms with Crippen LogP contribution >= 0.6 is 11.6 Å². The van der Waals surface area contributed by atoms with Crippen molar-refractivity contribution < 1.29 is 14.3 Å². The van der Waals surface area contributed by atoms with Crippen LogP contribution in [0.2, 0.25) is 5.02 Å². The highest BCUT2D eigenvalue weighted by atomic mass is 35.5. The first-order valence-electron chi connectivity index (χ1n) is 10.7. The van der Waals surface area contributed by atoms with Gasteiger partial charge in [-0.1, -0.05) is 30.7 Å². The second-order valence-electron chi connectivity index (χ2n) is 7.28. The van der Waals surface area contributed by atoms with Gasteiger partial charge in [0.05, 0.1) is 30.1 Å². The summed E-state index contributed by atoms with van der Waals surface area (Å²) >= 11 is 5.91. The first kappa shape index (κ1) is 23.8. The maximum Gasteiger partial charge on any atom is 0.261 e. The Bertz CT molecular complexity index is 1110. The fourth-order valence-electron chi connectivity index (χ4n) is 3.71. The lowest BCUT2D eigenvalue weighted by Gasteiger charge is -2.31.